The second-order valence-electron chi connectivity index (χ2n) is 8.74. The molecule has 0 saturated carbocycles. The van der Waals surface area contributed by atoms with Crippen LogP contribution in [-0.4, -0.2) is 13.5 Å². The summed E-state index contributed by atoms with van der Waals surface area (Å²) in [6.07, 6.45) is 0. The minimum absolute atomic E-state index is 0.0822. The molecule has 2 N–H and O–H groups in total. The number of hydrogen-bond donors (Lipinski definition) is 2. The Morgan fingerprint density at radius 2 is 1.50 bits per heavy atom. The standard InChI is InChI=1S/C21H28NO3S/c1-14-8-10-16(11-9-14)26(24,25)22-18-13-15(20(2,3)4)12-17(19(18)23)21(5,6)7/h8-12,22-23H,1-7H3. The fourth-order valence-corrected chi connectivity index (χ4v) is 3.57. The summed E-state index contributed by atoms with van der Waals surface area (Å²) >= 11 is 0. The maximum Gasteiger partial charge on any atom is 0.262 e. The molecule has 2 aromatic carbocycles. The van der Waals surface area contributed by atoms with Crippen LogP contribution in [0.1, 0.15) is 58.2 Å². The highest BCUT2D eigenvalue weighted by Crippen LogP contribution is 2.40. The van der Waals surface area contributed by atoms with E-state index in [2.05, 4.69) is 10.8 Å². The second-order valence-corrected chi connectivity index (χ2v) is 10.4. The van der Waals surface area contributed by atoms with Gasteiger partial charge >= 0.3 is 0 Å². The minimum atomic E-state index is -3.82. The quantitative estimate of drug-likeness (QED) is 0.751. The summed E-state index contributed by atoms with van der Waals surface area (Å²) in [5.74, 6) is -0.0822. The summed E-state index contributed by atoms with van der Waals surface area (Å²) in [4.78, 5) is 0.148. The molecule has 2 aromatic rings. The molecular formula is C21H28NO3S. The summed E-state index contributed by atoms with van der Waals surface area (Å²) in [5, 5.41) is 10.7. The molecule has 0 fully saturated rings. The Morgan fingerprint density at radius 1 is 0.962 bits per heavy atom. The zero-order chi connectivity index (χ0) is 19.9. The molecule has 0 bridgehead atoms. The maximum atomic E-state index is 12.7. The lowest BCUT2D eigenvalue weighted by atomic mass is 9.80. The van der Waals surface area contributed by atoms with Crippen molar-refractivity contribution in [3.05, 3.63) is 53.1 Å². The number of rotatable bonds is 3. The highest BCUT2D eigenvalue weighted by atomic mass is 32.2. The van der Waals surface area contributed by atoms with Gasteiger partial charge in [-0.1, -0.05) is 65.3 Å². The third kappa shape index (κ3) is 4.39. The smallest absolute Gasteiger partial charge is 0.262 e. The van der Waals surface area contributed by atoms with Crippen molar-refractivity contribution in [2.75, 3.05) is 4.72 Å². The first kappa shape index (κ1) is 20.3. The van der Waals surface area contributed by atoms with Gasteiger partial charge in [-0.2, -0.15) is 0 Å². The molecule has 5 heteroatoms. The fourth-order valence-electron chi connectivity index (χ4n) is 2.54. The van der Waals surface area contributed by atoms with E-state index in [4.69, 9.17) is 0 Å². The average molecular weight is 375 g/mol. The number of aryl methyl sites for hydroxylation is 1. The number of anilines is 1. The Kier molecular flexibility index (Phi) is 5.17. The second kappa shape index (κ2) is 6.62. The van der Waals surface area contributed by atoms with Gasteiger partial charge in [0.15, 0.2) is 0 Å². The Labute approximate surface area is 157 Å². The first-order chi connectivity index (χ1) is 11.7. The summed E-state index contributed by atoms with van der Waals surface area (Å²) in [7, 11) is -3.82. The molecular weight excluding hydrogens is 346 g/mol. The zero-order valence-electron chi connectivity index (χ0n) is 16.6. The van der Waals surface area contributed by atoms with Crippen molar-refractivity contribution >= 4 is 15.7 Å². The number of nitrogens with one attached hydrogen (secondary N) is 1. The van der Waals surface area contributed by atoms with E-state index in [0.29, 0.717) is 5.56 Å². The van der Waals surface area contributed by atoms with Crippen molar-refractivity contribution in [2.45, 2.75) is 64.2 Å². The molecule has 0 amide bonds. The Balaban J connectivity index is 2.60. The molecule has 0 aliphatic heterocycles. The SMILES string of the molecule is Cc1ccc(S(=O)(=O)Nc2[c]c(C(C)(C)C)cc(C(C)(C)C)c2O)cc1. The number of phenolic OH excluding ortho intramolecular Hbond substituents is 1. The maximum absolute atomic E-state index is 12.7. The first-order valence-corrected chi connectivity index (χ1v) is 10.1. The van der Waals surface area contributed by atoms with Crippen LogP contribution in [0.4, 0.5) is 5.69 Å². The monoisotopic (exact) mass is 374 g/mol. The molecule has 2 rings (SSSR count). The van der Waals surface area contributed by atoms with Crippen LogP contribution in [0.5, 0.6) is 5.75 Å². The van der Waals surface area contributed by atoms with Gasteiger partial charge < -0.3 is 5.11 Å². The molecule has 141 valence electrons. The van der Waals surface area contributed by atoms with E-state index in [0.717, 1.165) is 11.1 Å². The number of sulfonamides is 1. The predicted molar refractivity (Wildman–Crippen MR) is 106 cm³/mol. The third-order valence-corrected chi connectivity index (χ3v) is 5.59. The normalized spacial score (nSPS) is 12.9. The third-order valence-electron chi connectivity index (χ3n) is 4.22. The van der Waals surface area contributed by atoms with Crippen LogP contribution in [0.3, 0.4) is 0 Å². The molecule has 4 nitrogen and oxygen atoms in total. The number of aromatic hydroxyl groups is 1. The minimum Gasteiger partial charge on any atom is -0.505 e. The highest BCUT2D eigenvalue weighted by Gasteiger charge is 2.27. The number of phenols is 1. The van der Waals surface area contributed by atoms with Crippen LogP contribution in [-0.2, 0) is 20.9 Å². The van der Waals surface area contributed by atoms with Crippen molar-refractivity contribution in [3.8, 4) is 5.75 Å². The van der Waals surface area contributed by atoms with Gasteiger partial charge in [-0.3, -0.25) is 4.72 Å². The summed E-state index contributed by atoms with van der Waals surface area (Å²) < 4.78 is 28.0. The first-order valence-electron chi connectivity index (χ1n) is 8.61. The molecule has 0 aromatic heterocycles. The molecule has 26 heavy (non-hydrogen) atoms. The molecule has 0 unspecified atom stereocenters. The van der Waals surface area contributed by atoms with Gasteiger partial charge in [-0.25, -0.2) is 8.42 Å². The van der Waals surface area contributed by atoms with Crippen LogP contribution in [0.15, 0.2) is 35.2 Å². The van der Waals surface area contributed by atoms with Gasteiger partial charge in [0, 0.05) is 11.6 Å². The van der Waals surface area contributed by atoms with E-state index in [9.17, 15) is 13.5 Å². The van der Waals surface area contributed by atoms with E-state index in [1.54, 1.807) is 24.3 Å². The molecule has 0 aliphatic carbocycles. The lowest BCUT2D eigenvalue weighted by Crippen LogP contribution is -2.19. The van der Waals surface area contributed by atoms with Gasteiger partial charge in [0.2, 0.25) is 0 Å². The van der Waals surface area contributed by atoms with Crippen molar-refractivity contribution in [1.29, 1.82) is 0 Å². The van der Waals surface area contributed by atoms with Crippen LogP contribution in [0.25, 0.3) is 0 Å². The summed E-state index contributed by atoms with van der Waals surface area (Å²) in [5.41, 5.74) is 2.00. The molecule has 1 radical (unpaired) electrons. The van der Waals surface area contributed by atoms with Crippen LogP contribution in [0.2, 0.25) is 0 Å². The largest absolute Gasteiger partial charge is 0.505 e. The molecule has 0 saturated heterocycles. The molecule has 0 heterocycles. The average Bonchev–Trinajstić information content (AvgIpc) is 2.47. The Hall–Kier alpha value is -2.01. The number of benzene rings is 2. The lowest BCUT2D eigenvalue weighted by Gasteiger charge is -2.27. The zero-order valence-corrected chi connectivity index (χ0v) is 17.4. The summed E-state index contributed by atoms with van der Waals surface area (Å²) in [6, 6.07) is 11.5. The van der Waals surface area contributed by atoms with E-state index >= 15 is 0 Å². The van der Waals surface area contributed by atoms with E-state index < -0.39 is 10.0 Å². The van der Waals surface area contributed by atoms with Crippen LogP contribution < -0.4 is 4.72 Å². The molecule has 0 atom stereocenters. The van der Waals surface area contributed by atoms with Crippen LogP contribution >= 0.6 is 0 Å². The van der Waals surface area contributed by atoms with Crippen molar-refractivity contribution < 1.29 is 13.5 Å². The van der Waals surface area contributed by atoms with Gasteiger partial charge in [-0.15, -0.1) is 0 Å². The topological polar surface area (TPSA) is 66.4 Å². The van der Waals surface area contributed by atoms with Crippen LogP contribution in [0, 0.1) is 13.0 Å². The lowest BCUT2D eigenvalue weighted by molar-refractivity contribution is 0.447. The van der Waals surface area contributed by atoms with Gasteiger partial charge in [-0.05, 0) is 35.4 Å². The molecule has 0 aliphatic rings. The van der Waals surface area contributed by atoms with Crippen molar-refractivity contribution in [2.24, 2.45) is 0 Å². The highest BCUT2D eigenvalue weighted by molar-refractivity contribution is 7.92. The van der Waals surface area contributed by atoms with E-state index in [-0.39, 0.29) is 27.2 Å². The Morgan fingerprint density at radius 3 is 1.96 bits per heavy atom. The fraction of sp³-hybridized carbons (Fsp3) is 0.429. The Bertz CT molecular complexity index is 900. The van der Waals surface area contributed by atoms with Crippen molar-refractivity contribution in [3.63, 3.8) is 0 Å². The van der Waals surface area contributed by atoms with Gasteiger partial charge in [0.1, 0.15) is 5.75 Å². The van der Waals surface area contributed by atoms with E-state index in [1.165, 1.54) is 0 Å². The predicted octanol–water partition coefficient (Wildman–Crippen LogP) is 4.90. The van der Waals surface area contributed by atoms with Crippen molar-refractivity contribution in [1.82, 2.24) is 0 Å². The van der Waals surface area contributed by atoms with Gasteiger partial charge in [0.05, 0.1) is 10.6 Å². The van der Waals surface area contributed by atoms with Gasteiger partial charge in [0.25, 0.3) is 10.0 Å². The van der Waals surface area contributed by atoms with E-state index in [1.807, 2.05) is 54.5 Å². The summed E-state index contributed by atoms with van der Waals surface area (Å²) in [6.45, 7) is 13.9. The molecule has 0 spiro atoms. The number of hydrogen-bond acceptors (Lipinski definition) is 3.